The van der Waals surface area contributed by atoms with Gasteiger partial charge in [-0.3, -0.25) is 0 Å². The Hall–Kier alpha value is -2.04. The van der Waals surface area contributed by atoms with Gasteiger partial charge in [0.05, 0.1) is 0 Å². The van der Waals surface area contributed by atoms with Crippen molar-refractivity contribution in [3.8, 4) is 11.5 Å². The van der Waals surface area contributed by atoms with Crippen LogP contribution in [0, 0.1) is 0 Å². The summed E-state index contributed by atoms with van der Waals surface area (Å²) in [6.07, 6.45) is 0. The number of nitrogens with one attached hydrogen (secondary N) is 1. The zero-order chi connectivity index (χ0) is 15.1. The second-order valence-electron chi connectivity index (χ2n) is 5.81. The summed E-state index contributed by atoms with van der Waals surface area (Å²) in [6, 6.07) is 13.8. The second-order valence-corrected chi connectivity index (χ2v) is 6.72. The van der Waals surface area contributed by atoms with Crippen molar-refractivity contribution in [1.82, 2.24) is 5.32 Å². The van der Waals surface area contributed by atoms with Crippen LogP contribution in [0.3, 0.4) is 0 Å². The van der Waals surface area contributed by atoms with E-state index in [1.165, 1.54) is 15.6 Å². The summed E-state index contributed by atoms with van der Waals surface area (Å²) in [5, 5.41) is 26.2. The van der Waals surface area contributed by atoms with E-state index >= 15 is 0 Å². The third-order valence-corrected chi connectivity index (χ3v) is 5.53. The Morgan fingerprint density at radius 2 is 1.82 bits per heavy atom. The molecule has 3 nitrogen and oxygen atoms in total. The van der Waals surface area contributed by atoms with Gasteiger partial charge in [-0.25, -0.2) is 0 Å². The lowest BCUT2D eigenvalue weighted by Gasteiger charge is -2.20. The number of thiophene rings is 1. The minimum absolute atomic E-state index is 0.0440. The van der Waals surface area contributed by atoms with Crippen molar-refractivity contribution >= 4 is 21.4 Å². The van der Waals surface area contributed by atoms with Crippen LogP contribution in [0.1, 0.15) is 23.0 Å². The molecule has 22 heavy (non-hydrogen) atoms. The predicted molar refractivity (Wildman–Crippen MR) is 89.9 cm³/mol. The normalized spacial score (nSPS) is 21.5. The highest BCUT2D eigenvalue weighted by Gasteiger charge is 2.31. The van der Waals surface area contributed by atoms with E-state index in [1.807, 2.05) is 6.07 Å². The van der Waals surface area contributed by atoms with Crippen LogP contribution >= 0.6 is 11.3 Å². The Labute approximate surface area is 132 Å². The van der Waals surface area contributed by atoms with Crippen LogP contribution < -0.4 is 5.32 Å². The number of benzene rings is 2. The van der Waals surface area contributed by atoms with Gasteiger partial charge in [-0.15, -0.1) is 11.3 Å². The molecule has 1 aromatic heterocycles. The molecule has 1 aliphatic heterocycles. The highest BCUT2D eigenvalue weighted by molar-refractivity contribution is 7.17. The maximum absolute atomic E-state index is 9.79. The number of phenolic OH excluding ortho intramolecular Hbond substituents is 2. The monoisotopic (exact) mass is 311 g/mol. The van der Waals surface area contributed by atoms with Crippen molar-refractivity contribution in [1.29, 1.82) is 0 Å². The Balaban J connectivity index is 1.77. The number of hydrogen-bond acceptors (Lipinski definition) is 4. The van der Waals surface area contributed by atoms with Crippen LogP contribution in [0.5, 0.6) is 11.5 Å². The molecule has 0 spiro atoms. The Bertz CT molecular complexity index is 827. The van der Waals surface area contributed by atoms with E-state index < -0.39 is 0 Å². The topological polar surface area (TPSA) is 52.5 Å². The third kappa shape index (κ3) is 2.16. The summed E-state index contributed by atoms with van der Waals surface area (Å²) >= 11 is 1.79. The van der Waals surface area contributed by atoms with Gasteiger partial charge in [0.1, 0.15) is 0 Å². The van der Waals surface area contributed by atoms with Crippen molar-refractivity contribution in [2.45, 2.75) is 11.8 Å². The molecular weight excluding hydrogens is 294 g/mol. The minimum atomic E-state index is -0.0633. The maximum Gasteiger partial charge on any atom is 0.157 e. The van der Waals surface area contributed by atoms with E-state index in [4.69, 9.17) is 0 Å². The van der Waals surface area contributed by atoms with Gasteiger partial charge in [-0.1, -0.05) is 24.3 Å². The van der Waals surface area contributed by atoms with Gasteiger partial charge < -0.3 is 15.5 Å². The van der Waals surface area contributed by atoms with E-state index in [1.54, 1.807) is 23.5 Å². The average molecular weight is 311 g/mol. The highest BCUT2D eigenvalue weighted by Crippen LogP contribution is 2.41. The Kier molecular flexibility index (Phi) is 3.28. The fourth-order valence-electron chi connectivity index (χ4n) is 3.43. The molecule has 1 saturated heterocycles. The maximum atomic E-state index is 9.79. The van der Waals surface area contributed by atoms with E-state index in [0.29, 0.717) is 11.8 Å². The smallest absolute Gasteiger partial charge is 0.157 e. The van der Waals surface area contributed by atoms with Gasteiger partial charge in [-0.05, 0) is 40.1 Å². The van der Waals surface area contributed by atoms with Crippen LogP contribution in [-0.4, -0.2) is 23.3 Å². The molecule has 4 heteroatoms. The van der Waals surface area contributed by atoms with Crippen LogP contribution in [0.25, 0.3) is 10.1 Å². The van der Waals surface area contributed by atoms with Gasteiger partial charge in [0.2, 0.25) is 0 Å². The highest BCUT2D eigenvalue weighted by atomic mass is 32.1. The number of fused-ring (bicyclic) bond motifs is 1. The average Bonchev–Trinajstić information content (AvgIpc) is 3.18. The lowest BCUT2D eigenvalue weighted by Crippen LogP contribution is -2.09. The molecule has 4 rings (SSSR count). The van der Waals surface area contributed by atoms with Gasteiger partial charge >= 0.3 is 0 Å². The molecule has 0 aliphatic carbocycles. The fraction of sp³-hybridized carbons (Fsp3) is 0.222. The van der Waals surface area contributed by atoms with Crippen molar-refractivity contribution in [3.05, 3.63) is 59.0 Å². The number of aromatic hydroxyl groups is 2. The summed E-state index contributed by atoms with van der Waals surface area (Å²) < 4.78 is 1.35. The zero-order valence-electron chi connectivity index (χ0n) is 12.0. The van der Waals surface area contributed by atoms with Crippen molar-refractivity contribution < 1.29 is 10.2 Å². The molecule has 2 atom stereocenters. The molecule has 0 unspecified atom stereocenters. The molecule has 2 heterocycles. The molecule has 1 aliphatic rings. The van der Waals surface area contributed by atoms with Crippen molar-refractivity contribution in [2.75, 3.05) is 13.1 Å². The third-order valence-electron chi connectivity index (χ3n) is 4.55. The number of rotatable bonds is 2. The first-order valence-corrected chi connectivity index (χ1v) is 8.31. The molecular formula is C18H17NO2S. The quantitative estimate of drug-likeness (QED) is 0.631. The van der Waals surface area contributed by atoms with E-state index in [2.05, 4.69) is 35.0 Å². The summed E-state index contributed by atoms with van der Waals surface area (Å²) in [5.41, 5.74) is 2.44. The van der Waals surface area contributed by atoms with Crippen LogP contribution in [0.4, 0.5) is 0 Å². The van der Waals surface area contributed by atoms with E-state index in [9.17, 15) is 10.2 Å². The Morgan fingerprint density at radius 3 is 2.68 bits per heavy atom. The summed E-state index contributed by atoms with van der Waals surface area (Å²) in [5.74, 6) is 0.578. The van der Waals surface area contributed by atoms with Gasteiger partial charge in [-0.2, -0.15) is 0 Å². The molecule has 0 bridgehead atoms. The van der Waals surface area contributed by atoms with E-state index in [-0.39, 0.29) is 11.5 Å². The number of hydrogen-bond donors (Lipinski definition) is 3. The van der Waals surface area contributed by atoms with Gasteiger partial charge in [0.15, 0.2) is 11.5 Å². The van der Waals surface area contributed by atoms with Crippen LogP contribution in [0.15, 0.2) is 47.8 Å². The van der Waals surface area contributed by atoms with E-state index in [0.717, 1.165) is 18.7 Å². The standard InChI is InChI=1S/C18H17NO2S/c20-16-5-4-12(8-17(16)21)14-9-19-10-15(14)13-3-1-2-11-6-7-22-18(11)13/h1-8,14-15,19-21H,9-10H2/t14-,15-/m0/s1. The number of phenols is 2. The molecule has 2 aromatic carbocycles. The first-order chi connectivity index (χ1) is 10.7. The largest absolute Gasteiger partial charge is 0.504 e. The summed E-state index contributed by atoms with van der Waals surface area (Å²) in [4.78, 5) is 0. The first kappa shape index (κ1) is 13.6. The SMILES string of the molecule is Oc1ccc([C@@H]2CNC[C@H]2c2cccc3ccsc23)cc1O. The predicted octanol–water partition coefficient (Wildman–Crippen LogP) is 3.78. The lowest BCUT2D eigenvalue weighted by molar-refractivity contribution is 0.402. The molecule has 0 amide bonds. The Morgan fingerprint density at radius 1 is 0.955 bits per heavy atom. The molecule has 112 valence electrons. The van der Waals surface area contributed by atoms with Crippen molar-refractivity contribution in [2.24, 2.45) is 0 Å². The second kappa shape index (κ2) is 5.30. The summed E-state index contributed by atoms with van der Waals surface area (Å²) in [6.45, 7) is 1.82. The van der Waals surface area contributed by atoms with Crippen LogP contribution in [-0.2, 0) is 0 Å². The molecule has 1 fully saturated rings. The molecule has 3 N–H and O–H groups in total. The minimum Gasteiger partial charge on any atom is -0.504 e. The van der Waals surface area contributed by atoms with Crippen molar-refractivity contribution in [3.63, 3.8) is 0 Å². The molecule has 3 aromatic rings. The van der Waals surface area contributed by atoms with Gasteiger partial charge in [0.25, 0.3) is 0 Å². The first-order valence-electron chi connectivity index (χ1n) is 7.43. The molecule has 0 saturated carbocycles. The summed E-state index contributed by atoms with van der Waals surface area (Å²) in [7, 11) is 0. The zero-order valence-corrected chi connectivity index (χ0v) is 12.8. The fourth-order valence-corrected chi connectivity index (χ4v) is 4.41. The lowest BCUT2D eigenvalue weighted by atomic mass is 9.83. The van der Waals surface area contributed by atoms with Gasteiger partial charge in [0, 0.05) is 29.6 Å². The molecule has 0 radical (unpaired) electrons. The van der Waals surface area contributed by atoms with Crippen LogP contribution in [0.2, 0.25) is 0 Å².